The van der Waals surface area contributed by atoms with Gasteiger partial charge in [0.15, 0.2) is 6.61 Å². The van der Waals surface area contributed by atoms with Crippen LogP contribution in [0.1, 0.15) is 17.3 Å². The zero-order valence-corrected chi connectivity index (χ0v) is 9.45. The molecule has 100 valence electrons. The molecule has 1 aromatic carbocycles. The fraction of sp³-hybridized carbons (Fsp3) is 0.364. The lowest BCUT2D eigenvalue weighted by atomic mass is 10.2. The zero-order chi connectivity index (χ0) is 13.8. The third kappa shape index (κ3) is 4.52. The van der Waals surface area contributed by atoms with Gasteiger partial charge in [0, 0.05) is 6.07 Å². The van der Waals surface area contributed by atoms with Gasteiger partial charge in [-0.15, -0.1) is 0 Å². The summed E-state index contributed by atoms with van der Waals surface area (Å²) in [6.45, 7) is 0.451. The first-order chi connectivity index (χ1) is 8.31. The Morgan fingerprint density at radius 3 is 2.22 bits per heavy atom. The van der Waals surface area contributed by atoms with Crippen LogP contribution in [-0.2, 0) is 0 Å². The molecule has 0 aliphatic rings. The largest absolute Gasteiger partial charge is 0.494 e. The Bertz CT molecular complexity index is 429. The van der Waals surface area contributed by atoms with Crippen LogP contribution in [0.2, 0.25) is 0 Å². The molecule has 0 fully saturated rings. The second-order valence-corrected chi connectivity index (χ2v) is 3.34. The molecule has 1 aromatic rings. The highest BCUT2D eigenvalue weighted by molar-refractivity contribution is 5.88. The lowest BCUT2D eigenvalue weighted by molar-refractivity contribution is -0.153. The van der Waals surface area contributed by atoms with Gasteiger partial charge in [-0.25, -0.2) is 4.79 Å². The molecule has 0 amide bonds. The predicted molar refractivity (Wildman–Crippen MR) is 56.1 cm³/mol. The monoisotopic (exact) mass is 264 g/mol. The smallest absolute Gasteiger partial charge is 0.422 e. The predicted octanol–water partition coefficient (Wildman–Crippen LogP) is 2.72. The molecule has 0 aromatic heterocycles. The molecule has 0 saturated carbocycles. The first-order valence-electron chi connectivity index (χ1n) is 5.02. The maximum absolute atomic E-state index is 12.0. The number of aromatic carboxylic acids is 1. The van der Waals surface area contributed by atoms with Crippen LogP contribution in [0.5, 0.6) is 11.5 Å². The highest BCUT2D eigenvalue weighted by Crippen LogP contribution is 2.25. The molecule has 0 aliphatic heterocycles. The van der Waals surface area contributed by atoms with Crippen molar-refractivity contribution in [2.24, 2.45) is 0 Å². The topological polar surface area (TPSA) is 55.8 Å². The van der Waals surface area contributed by atoms with Gasteiger partial charge < -0.3 is 14.6 Å². The van der Waals surface area contributed by atoms with Crippen LogP contribution in [0, 0.1) is 0 Å². The van der Waals surface area contributed by atoms with Crippen LogP contribution in [-0.4, -0.2) is 30.5 Å². The summed E-state index contributed by atoms with van der Waals surface area (Å²) in [6.07, 6.45) is -4.48. The minimum absolute atomic E-state index is 0.148. The maximum Gasteiger partial charge on any atom is 0.422 e. The van der Waals surface area contributed by atoms with E-state index in [0.29, 0.717) is 0 Å². The molecular formula is C11H11F3O4. The number of rotatable bonds is 5. The van der Waals surface area contributed by atoms with E-state index in [1.807, 2.05) is 0 Å². The van der Waals surface area contributed by atoms with Crippen molar-refractivity contribution < 1.29 is 32.5 Å². The summed E-state index contributed by atoms with van der Waals surface area (Å²) >= 11 is 0. The molecule has 0 spiro atoms. The van der Waals surface area contributed by atoms with Crippen molar-refractivity contribution in [1.29, 1.82) is 0 Å². The van der Waals surface area contributed by atoms with Crippen LogP contribution in [0.15, 0.2) is 18.2 Å². The summed E-state index contributed by atoms with van der Waals surface area (Å²) in [5, 5.41) is 8.80. The van der Waals surface area contributed by atoms with Crippen molar-refractivity contribution in [3.05, 3.63) is 23.8 Å². The van der Waals surface area contributed by atoms with Gasteiger partial charge in [0.2, 0.25) is 0 Å². The normalized spacial score (nSPS) is 11.1. The van der Waals surface area contributed by atoms with Crippen LogP contribution >= 0.6 is 0 Å². The third-order valence-electron chi connectivity index (χ3n) is 1.84. The average Bonchev–Trinajstić information content (AvgIpc) is 2.25. The van der Waals surface area contributed by atoms with Gasteiger partial charge in [0.05, 0.1) is 12.2 Å². The van der Waals surface area contributed by atoms with Gasteiger partial charge in [0.25, 0.3) is 0 Å². The van der Waals surface area contributed by atoms with Crippen molar-refractivity contribution >= 4 is 5.97 Å². The number of alkyl halides is 3. The molecule has 0 heterocycles. The highest BCUT2D eigenvalue weighted by Gasteiger charge is 2.28. The number of hydrogen-bond donors (Lipinski definition) is 1. The van der Waals surface area contributed by atoms with Gasteiger partial charge in [-0.2, -0.15) is 13.2 Å². The van der Waals surface area contributed by atoms with E-state index >= 15 is 0 Å². The SMILES string of the molecule is CCOc1cc(OCC(F)(F)F)cc(C(=O)O)c1. The molecule has 0 saturated heterocycles. The lowest BCUT2D eigenvalue weighted by Gasteiger charge is -2.11. The Balaban J connectivity index is 2.92. The molecule has 0 radical (unpaired) electrons. The van der Waals surface area contributed by atoms with Crippen molar-refractivity contribution in [3.63, 3.8) is 0 Å². The molecule has 1 rings (SSSR count). The standard InChI is InChI=1S/C11H11F3O4/c1-2-17-8-3-7(10(15)16)4-9(5-8)18-6-11(12,13)14/h3-5H,2,6H2,1H3,(H,15,16). The van der Waals surface area contributed by atoms with Crippen molar-refractivity contribution in [1.82, 2.24) is 0 Å². The molecule has 1 N–H and O–H groups in total. The van der Waals surface area contributed by atoms with E-state index in [0.717, 1.165) is 6.07 Å². The second kappa shape index (κ2) is 5.61. The summed E-state index contributed by atoms with van der Waals surface area (Å²) < 4.78 is 45.5. The summed E-state index contributed by atoms with van der Waals surface area (Å²) in [4.78, 5) is 10.8. The van der Waals surface area contributed by atoms with E-state index < -0.39 is 18.8 Å². The van der Waals surface area contributed by atoms with E-state index in [1.165, 1.54) is 12.1 Å². The Hall–Kier alpha value is -1.92. The summed E-state index contributed by atoms with van der Waals surface area (Å²) in [7, 11) is 0. The molecule has 4 nitrogen and oxygen atoms in total. The Morgan fingerprint density at radius 1 is 1.22 bits per heavy atom. The molecule has 0 bridgehead atoms. The maximum atomic E-state index is 12.0. The number of carboxylic acid groups (broad SMARTS) is 1. The van der Waals surface area contributed by atoms with Crippen molar-refractivity contribution in [2.45, 2.75) is 13.1 Å². The fourth-order valence-corrected chi connectivity index (χ4v) is 1.19. The van der Waals surface area contributed by atoms with Gasteiger partial charge in [-0.1, -0.05) is 0 Å². The minimum atomic E-state index is -4.48. The molecule has 0 aliphatic carbocycles. The number of carbonyl (C=O) groups is 1. The Morgan fingerprint density at radius 2 is 1.78 bits per heavy atom. The fourth-order valence-electron chi connectivity index (χ4n) is 1.19. The van der Waals surface area contributed by atoms with Gasteiger partial charge in [-0.3, -0.25) is 0 Å². The number of ether oxygens (including phenoxy) is 2. The van der Waals surface area contributed by atoms with Crippen LogP contribution in [0.3, 0.4) is 0 Å². The van der Waals surface area contributed by atoms with Crippen LogP contribution in [0.4, 0.5) is 13.2 Å². The molecule has 7 heteroatoms. The van der Waals surface area contributed by atoms with E-state index in [9.17, 15) is 18.0 Å². The summed E-state index contributed by atoms with van der Waals surface area (Å²) in [5.74, 6) is -1.32. The van der Waals surface area contributed by atoms with E-state index in [-0.39, 0.29) is 23.7 Å². The van der Waals surface area contributed by atoms with E-state index in [1.54, 1.807) is 6.92 Å². The molecular weight excluding hydrogens is 253 g/mol. The first kappa shape index (κ1) is 14.1. The highest BCUT2D eigenvalue weighted by atomic mass is 19.4. The van der Waals surface area contributed by atoms with Gasteiger partial charge in [0.1, 0.15) is 11.5 Å². The summed E-state index contributed by atoms with van der Waals surface area (Å²) in [5.41, 5.74) is -0.196. The quantitative estimate of drug-likeness (QED) is 0.888. The Kier molecular flexibility index (Phi) is 4.41. The van der Waals surface area contributed by atoms with E-state index in [4.69, 9.17) is 9.84 Å². The number of carboxylic acids is 1. The van der Waals surface area contributed by atoms with Crippen LogP contribution in [0.25, 0.3) is 0 Å². The Labute approximate surface area is 101 Å². The lowest BCUT2D eigenvalue weighted by Crippen LogP contribution is -2.19. The van der Waals surface area contributed by atoms with Crippen molar-refractivity contribution in [2.75, 3.05) is 13.2 Å². The number of hydrogen-bond acceptors (Lipinski definition) is 3. The second-order valence-electron chi connectivity index (χ2n) is 3.34. The van der Waals surface area contributed by atoms with Gasteiger partial charge >= 0.3 is 12.1 Å². The molecule has 0 atom stereocenters. The molecule has 0 unspecified atom stereocenters. The zero-order valence-electron chi connectivity index (χ0n) is 9.45. The molecule has 18 heavy (non-hydrogen) atoms. The summed E-state index contributed by atoms with van der Waals surface area (Å²) in [6, 6.07) is 3.44. The van der Waals surface area contributed by atoms with Crippen LogP contribution < -0.4 is 9.47 Å². The minimum Gasteiger partial charge on any atom is -0.494 e. The first-order valence-corrected chi connectivity index (χ1v) is 5.02. The third-order valence-corrected chi connectivity index (χ3v) is 1.84. The van der Waals surface area contributed by atoms with E-state index in [2.05, 4.69) is 4.74 Å². The van der Waals surface area contributed by atoms with Gasteiger partial charge in [-0.05, 0) is 19.1 Å². The number of benzene rings is 1. The van der Waals surface area contributed by atoms with Crippen molar-refractivity contribution in [3.8, 4) is 11.5 Å². The number of halogens is 3. The average molecular weight is 264 g/mol.